The predicted octanol–water partition coefficient (Wildman–Crippen LogP) is 3.26. The van der Waals surface area contributed by atoms with Gasteiger partial charge >= 0.3 is 12.0 Å². The van der Waals surface area contributed by atoms with Crippen LogP contribution in [0.4, 0.5) is 4.79 Å². The summed E-state index contributed by atoms with van der Waals surface area (Å²) in [6, 6.07) is 0.230. The van der Waals surface area contributed by atoms with E-state index in [1.807, 2.05) is 23.6 Å². The normalized spacial score (nSPS) is 28.9. The van der Waals surface area contributed by atoms with Crippen LogP contribution in [-0.2, 0) is 9.53 Å². The van der Waals surface area contributed by atoms with Gasteiger partial charge in [-0.05, 0) is 50.7 Å². The third-order valence-corrected chi connectivity index (χ3v) is 7.91. The van der Waals surface area contributed by atoms with Crippen molar-refractivity contribution in [1.82, 2.24) is 9.91 Å². The number of carbonyl (C=O) groups excluding carboxylic acids is 2. The minimum absolute atomic E-state index is 0.0382. The number of urea groups is 1. The van der Waals surface area contributed by atoms with Gasteiger partial charge in [0.15, 0.2) is 0 Å². The number of nitrogens with zero attached hydrogens (tertiary/aromatic N) is 3. The van der Waals surface area contributed by atoms with E-state index in [0.717, 1.165) is 37.9 Å². The van der Waals surface area contributed by atoms with Gasteiger partial charge in [-0.25, -0.2) is 9.80 Å². The molecule has 1 aliphatic heterocycles. The second kappa shape index (κ2) is 10.7. The first-order valence-electron chi connectivity index (χ1n) is 11.1. The fourth-order valence-corrected chi connectivity index (χ4v) is 6.22. The lowest BCUT2D eigenvalue weighted by Crippen LogP contribution is -2.34. The zero-order chi connectivity index (χ0) is 20.8. The smallest absolute Gasteiger partial charge is 0.341 e. The Labute approximate surface area is 178 Å². The van der Waals surface area contributed by atoms with E-state index < -0.39 is 6.10 Å². The highest BCUT2D eigenvalue weighted by atomic mass is 32.2. The highest BCUT2D eigenvalue weighted by Crippen LogP contribution is 2.41. The summed E-state index contributed by atoms with van der Waals surface area (Å²) < 4.78 is 4.69. The van der Waals surface area contributed by atoms with Gasteiger partial charge in [0.25, 0.3) is 0 Å². The summed E-state index contributed by atoms with van der Waals surface area (Å²) >= 11 is 1.88. The number of carbonyl (C=O) groups is 2. The Kier molecular flexibility index (Phi) is 8.24. The zero-order valence-corrected chi connectivity index (χ0v) is 18.5. The third-order valence-electron chi connectivity index (χ3n) is 6.53. The Morgan fingerprint density at radius 3 is 2.72 bits per heavy atom. The first-order valence-corrected chi connectivity index (χ1v) is 12.1. The van der Waals surface area contributed by atoms with Gasteiger partial charge in [0.05, 0.1) is 31.5 Å². The maximum Gasteiger partial charge on any atom is 0.341 e. The van der Waals surface area contributed by atoms with E-state index in [1.165, 1.54) is 26.4 Å². The van der Waals surface area contributed by atoms with Crippen LogP contribution in [-0.4, -0.2) is 76.1 Å². The summed E-state index contributed by atoms with van der Waals surface area (Å²) in [4.78, 5) is 26.0. The topological polar surface area (TPSA) is 82.4 Å². The van der Waals surface area contributed by atoms with Crippen molar-refractivity contribution in [2.24, 2.45) is 11.0 Å². The van der Waals surface area contributed by atoms with Crippen LogP contribution < -0.4 is 0 Å². The molecule has 4 unspecified atom stereocenters. The molecule has 0 aromatic rings. The Hall–Kier alpha value is -1.28. The Morgan fingerprint density at radius 2 is 2.03 bits per heavy atom. The van der Waals surface area contributed by atoms with Crippen LogP contribution in [0, 0.1) is 5.92 Å². The molecule has 3 rings (SSSR count). The molecule has 2 amide bonds. The van der Waals surface area contributed by atoms with E-state index in [9.17, 15) is 14.7 Å². The van der Waals surface area contributed by atoms with Crippen LogP contribution in [0.2, 0.25) is 0 Å². The fourth-order valence-electron chi connectivity index (χ4n) is 4.91. The minimum atomic E-state index is -0.567. The summed E-state index contributed by atoms with van der Waals surface area (Å²) in [6.07, 6.45) is 9.84. The van der Waals surface area contributed by atoms with E-state index in [1.54, 1.807) is 11.2 Å². The number of thioether (sulfide) groups is 1. The molecule has 7 nitrogen and oxygen atoms in total. The summed E-state index contributed by atoms with van der Waals surface area (Å²) in [5, 5.41) is 17.1. The van der Waals surface area contributed by atoms with E-state index in [-0.39, 0.29) is 30.0 Å². The number of esters is 1. The second-order valence-electron chi connectivity index (χ2n) is 8.34. The molecule has 0 bridgehead atoms. The van der Waals surface area contributed by atoms with Gasteiger partial charge in [0.2, 0.25) is 0 Å². The first-order chi connectivity index (χ1) is 14.0. The van der Waals surface area contributed by atoms with Crippen molar-refractivity contribution in [2.45, 2.75) is 88.1 Å². The molecule has 0 radical (unpaired) electrons. The van der Waals surface area contributed by atoms with Gasteiger partial charge in [-0.3, -0.25) is 4.79 Å². The molecule has 164 valence electrons. The predicted molar refractivity (Wildman–Crippen MR) is 115 cm³/mol. The van der Waals surface area contributed by atoms with Crippen molar-refractivity contribution in [2.75, 3.05) is 19.4 Å². The number of aliphatic hydroxyl groups is 1. The molecule has 2 saturated carbocycles. The number of likely N-dealkylation sites (N-methyl/N-ethyl adjacent to an activating group) is 1. The van der Waals surface area contributed by atoms with Gasteiger partial charge in [0.1, 0.15) is 0 Å². The molecular formula is C21H35N3O4S. The van der Waals surface area contributed by atoms with Gasteiger partial charge in [0, 0.05) is 18.2 Å². The largest absolute Gasteiger partial charge is 0.469 e. The van der Waals surface area contributed by atoms with Crippen molar-refractivity contribution in [3.63, 3.8) is 0 Å². The lowest BCUT2D eigenvalue weighted by molar-refractivity contribution is -0.140. The number of hydrogen-bond acceptors (Lipinski definition) is 6. The highest BCUT2D eigenvalue weighted by Gasteiger charge is 2.51. The molecule has 1 saturated heterocycles. The van der Waals surface area contributed by atoms with Crippen molar-refractivity contribution in [3.8, 4) is 0 Å². The lowest BCUT2D eigenvalue weighted by atomic mass is 9.86. The number of hydrazone groups is 1. The third kappa shape index (κ3) is 5.45. The molecule has 0 spiro atoms. The Balaban J connectivity index is 1.55. The van der Waals surface area contributed by atoms with Crippen LogP contribution in [0.5, 0.6) is 0 Å². The molecule has 0 aromatic carbocycles. The van der Waals surface area contributed by atoms with Crippen LogP contribution in [0.1, 0.15) is 64.7 Å². The molecule has 4 atom stereocenters. The van der Waals surface area contributed by atoms with E-state index in [4.69, 9.17) is 4.74 Å². The second-order valence-corrected chi connectivity index (χ2v) is 9.75. The minimum Gasteiger partial charge on any atom is -0.469 e. The Morgan fingerprint density at radius 1 is 1.31 bits per heavy atom. The maximum atomic E-state index is 12.8. The molecule has 2 aliphatic carbocycles. The number of fused-ring (bicyclic) bond motifs is 1. The van der Waals surface area contributed by atoms with E-state index in [2.05, 4.69) is 5.10 Å². The summed E-state index contributed by atoms with van der Waals surface area (Å²) in [5.74, 6) is 1.03. The summed E-state index contributed by atoms with van der Waals surface area (Å²) in [7, 11) is 1.42. The summed E-state index contributed by atoms with van der Waals surface area (Å²) in [5.41, 5.74) is 0. The lowest BCUT2D eigenvalue weighted by Gasteiger charge is -2.25. The fraction of sp³-hybridized carbons (Fsp3) is 0.857. The van der Waals surface area contributed by atoms with Gasteiger partial charge < -0.3 is 14.7 Å². The van der Waals surface area contributed by atoms with Crippen molar-refractivity contribution >= 4 is 30.0 Å². The molecular weight excluding hydrogens is 390 g/mol. The van der Waals surface area contributed by atoms with E-state index in [0.29, 0.717) is 18.2 Å². The van der Waals surface area contributed by atoms with Gasteiger partial charge in [-0.2, -0.15) is 16.9 Å². The molecule has 3 aliphatic rings. The number of hydrogen-bond donors (Lipinski definition) is 1. The van der Waals surface area contributed by atoms with Crippen molar-refractivity contribution < 1.29 is 19.4 Å². The standard InChI is InChI=1S/C21H35N3O4S/c1-3-23-17-12-16(29-11-7-10-20(26)28-2)13-18(17)24(21(23)27)22-14-19(25)15-8-5-4-6-9-15/h14-19,25H,3-13H2,1-2H3/b22-14+. The molecule has 1 heterocycles. The van der Waals surface area contributed by atoms with Crippen LogP contribution in [0.3, 0.4) is 0 Å². The highest BCUT2D eigenvalue weighted by molar-refractivity contribution is 7.99. The molecule has 0 aromatic heterocycles. The first kappa shape index (κ1) is 22.4. The average molecular weight is 426 g/mol. The van der Waals surface area contributed by atoms with Gasteiger partial charge in [-0.1, -0.05) is 19.3 Å². The molecule has 3 fully saturated rings. The van der Waals surface area contributed by atoms with Crippen LogP contribution in [0.25, 0.3) is 0 Å². The van der Waals surface area contributed by atoms with Crippen LogP contribution in [0.15, 0.2) is 5.10 Å². The SMILES string of the molecule is CCN1C(=O)N(/N=C/C(O)C2CCCCC2)C2CC(SCCCC(=O)OC)CC21. The van der Waals surface area contributed by atoms with Crippen molar-refractivity contribution in [1.29, 1.82) is 0 Å². The molecule has 29 heavy (non-hydrogen) atoms. The molecule has 1 N–H and O–H groups in total. The molecule has 8 heteroatoms. The number of ether oxygens (including phenoxy) is 1. The maximum absolute atomic E-state index is 12.8. The zero-order valence-electron chi connectivity index (χ0n) is 17.7. The number of amides is 2. The number of aliphatic hydroxyl groups excluding tert-OH is 1. The quantitative estimate of drug-likeness (QED) is 0.348. The number of rotatable bonds is 9. The van der Waals surface area contributed by atoms with Gasteiger partial charge in [-0.15, -0.1) is 0 Å². The van der Waals surface area contributed by atoms with Crippen LogP contribution >= 0.6 is 11.8 Å². The van der Waals surface area contributed by atoms with E-state index >= 15 is 0 Å². The average Bonchev–Trinajstić information content (AvgIpc) is 3.25. The number of methoxy groups -OCH3 is 1. The summed E-state index contributed by atoms with van der Waals surface area (Å²) in [6.45, 7) is 2.69. The Bertz CT molecular complexity index is 596. The van der Waals surface area contributed by atoms with Crippen molar-refractivity contribution in [3.05, 3.63) is 0 Å². The monoisotopic (exact) mass is 425 g/mol.